The van der Waals surface area contributed by atoms with E-state index in [4.69, 9.17) is 4.74 Å². The first kappa shape index (κ1) is 19.2. The summed E-state index contributed by atoms with van der Waals surface area (Å²) in [7, 11) is 0. The lowest BCUT2D eigenvalue weighted by Gasteiger charge is -2.08. The van der Waals surface area contributed by atoms with Crippen LogP contribution in [0.5, 0.6) is 11.5 Å². The van der Waals surface area contributed by atoms with Crippen molar-refractivity contribution in [2.45, 2.75) is 18.2 Å². The number of thioether (sulfide) groups is 1. The molecule has 0 aliphatic rings. The number of carbonyl (C=O) groups is 1. The highest BCUT2D eigenvalue weighted by molar-refractivity contribution is 8.01. The van der Waals surface area contributed by atoms with Crippen molar-refractivity contribution in [3.8, 4) is 11.5 Å². The van der Waals surface area contributed by atoms with Crippen LogP contribution in [0.3, 0.4) is 0 Å². The summed E-state index contributed by atoms with van der Waals surface area (Å²) in [5.41, 5.74) is 1.91. The zero-order valence-electron chi connectivity index (χ0n) is 15.1. The standard InChI is InChI=1S/C19H20N4O2S2/c1-3-20-18-22-23-19(27-18)26-12-17(24)21-14-6-10-16(11-7-14)25-15-8-4-13(2)5-9-15/h4-11H,3,12H2,1-2H3,(H,20,22)(H,21,24). The lowest BCUT2D eigenvalue weighted by atomic mass is 10.2. The number of anilines is 2. The second kappa shape index (κ2) is 9.38. The van der Waals surface area contributed by atoms with E-state index in [1.807, 2.05) is 62.4 Å². The molecule has 0 spiro atoms. The Morgan fingerprint density at radius 3 is 2.41 bits per heavy atom. The van der Waals surface area contributed by atoms with Gasteiger partial charge in [-0.15, -0.1) is 10.2 Å². The van der Waals surface area contributed by atoms with E-state index in [1.165, 1.54) is 28.7 Å². The van der Waals surface area contributed by atoms with Crippen LogP contribution in [0.25, 0.3) is 0 Å². The summed E-state index contributed by atoms with van der Waals surface area (Å²) in [6.45, 7) is 4.83. The van der Waals surface area contributed by atoms with Crippen molar-refractivity contribution in [3.63, 3.8) is 0 Å². The summed E-state index contributed by atoms with van der Waals surface area (Å²) in [5, 5.41) is 14.8. The molecule has 0 radical (unpaired) electrons. The molecular formula is C19H20N4O2S2. The molecule has 3 aromatic rings. The summed E-state index contributed by atoms with van der Waals surface area (Å²) < 4.78 is 6.55. The van der Waals surface area contributed by atoms with Crippen molar-refractivity contribution in [2.75, 3.05) is 22.9 Å². The van der Waals surface area contributed by atoms with E-state index in [9.17, 15) is 4.79 Å². The Bertz CT molecular complexity index is 879. The number of nitrogens with zero attached hydrogens (tertiary/aromatic N) is 2. The highest BCUT2D eigenvalue weighted by atomic mass is 32.2. The molecule has 0 bridgehead atoms. The van der Waals surface area contributed by atoms with Gasteiger partial charge < -0.3 is 15.4 Å². The quantitative estimate of drug-likeness (QED) is 0.529. The Labute approximate surface area is 166 Å². The first-order chi connectivity index (χ1) is 13.1. The fourth-order valence-corrected chi connectivity index (χ4v) is 3.78. The Hall–Kier alpha value is -2.58. The van der Waals surface area contributed by atoms with Gasteiger partial charge in [0, 0.05) is 12.2 Å². The molecule has 2 N–H and O–H groups in total. The number of amides is 1. The molecule has 0 saturated carbocycles. The second-order valence-electron chi connectivity index (χ2n) is 5.68. The first-order valence-electron chi connectivity index (χ1n) is 8.47. The van der Waals surface area contributed by atoms with Gasteiger partial charge in [-0.25, -0.2) is 0 Å². The molecule has 3 rings (SSSR count). The van der Waals surface area contributed by atoms with Crippen molar-refractivity contribution in [3.05, 3.63) is 54.1 Å². The molecule has 0 aliphatic heterocycles. The van der Waals surface area contributed by atoms with Gasteiger partial charge in [-0.3, -0.25) is 4.79 Å². The third-order valence-corrected chi connectivity index (χ3v) is 5.47. The van der Waals surface area contributed by atoms with E-state index < -0.39 is 0 Å². The van der Waals surface area contributed by atoms with Crippen LogP contribution < -0.4 is 15.4 Å². The smallest absolute Gasteiger partial charge is 0.234 e. The van der Waals surface area contributed by atoms with Crippen molar-refractivity contribution < 1.29 is 9.53 Å². The van der Waals surface area contributed by atoms with Crippen LogP contribution in [-0.4, -0.2) is 28.4 Å². The van der Waals surface area contributed by atoms with Gasteiger partial charge in [0.1, 0.15) is 11.5 Å². The summed E-state index contributed by atoms with van der Waals surface area (Å²) in [6.07, 6.45) is 0. The molecule has 0 atom stereocenters. The van der Waals surface area contributed by atoms with Gasteiger partial charge in [-0.1, -0.05) is 40.8 Å². The van der Waals surface area contributed by atoms with E-state index >= 15 is 0 Å². The average Bonchev–Trinajstić information content (AvgIpc) is 3.11. The maximum Gasteiger partial charge on any atom is 0.234 e. The molecule has 0 aliphatic carbocycles. The molecular weight excluding hydrogens is 380 g/mol. The molecule has 1 aromatic heterocycles. The van der Waals surface area contributed by atoms with Gasteiger partial charge in [0.25, 0.3) is 0 Å². The maximum atomic E-state index is 12.1. The fourth-order valence-electron chi connectivity index (χ4n) is 2.16. The van der Waals surface area contributed by atoms with E-state index in [2.05, 4.69) is 20.8 Å². The average molecular weight is 401 g/mol. The number of hydrogen-bond acceptors (Lipinski definition) is 7. The summed E-state index contributed by atoms with van der Waals surface area (Å²) in [4.78, 5) is 12.1. The van der Waals surface area contributed by atoms with Crippen LogP contribution in [0.2, 0.25) is 0 Å². The molecule has 0 unspecified atom stereocenters. The molecule has 27 heavy (non-hydrogen) atoms. The summed E-state index contributed by atoms with van der Waals surface area (Å²) in [6, 6.07) is 15.2. The number of carbonyl (C=O) groups excluding carboxylic acids is 1. The number of hydrogen-bond donors (Lipinski definition) is 2. The molecule has 6 nitrogen and oxygen atoms in total. The number of ether oxygens (including phenoxy) is 1. The highest BCUT2D eigenvalue weighted by Gasteiger charge is 2.08. The van der Waals surface area contributed by atoms with Crippen LogP contribution in [0.1, 0.15) is 12.5 Å². The van der Waals surface area contributed by atoms with Crippen molar-refractivity contribution in [1.29, 1.82) is 0 Å². The predicted octanol–water partition coefficient (Wildman–Crippen LogP) is 4.80. The van der Waals surface area contributed by atoms with E-state index in [0.29, 0.717) is 0 Å². The largest absolute Gasteiger partial charge is 0.457 e. The first-order valence-corrected chi connectivity index (χ1v) is 10.3. The van der Waals surface area contributed by atoms with Crippen LogP contribution in [0.4, 0.5) is 10.8 Å². The minimum atomic E-state index is -0.0904. The number of benzene rings is 2. The van der Waals surface area contributed by atoms with Gasteiger partial charge in [-0.05, 0) is 50.2 Å². The van der Waals surface area contributed by atoms with Crippen LogP contribution in [0, 0.1) is 6.92 Å². The van der Waals surface area contributed by atoms with Gasteiger partial charge in [0.2, 0.25) is 11.0 Å². The Balaban J connectivity index is 1.48. The zero-order valence-corrected chi connectivity index (χ0v) is 16.7. The second-order valence-corrected chi connectivity index (χ2v) is 7.88. The van der Waals surface area contributed by atoms with Crippen molar-refractivity contribution >= 4 is 39.8 Å². The van der Waals surface area contributed by atoms with E-state index in [0.717, 1.165) is 33.2 Å². The summed E-state index contributed by atoms with van der Waals surface area (Å²) >= 11 is 2.81. The van der Waals surface area contributed by atoms with Crippen LogP contribution in [0.15, 0.2) is 52.9 Å². The van der Waals surface area contributed by atoms with Gasteiger partial charge in [0.15, 0.2) is 4.34 Å². The summed E-state index contributed by atoms with van der Waals surface area (Å²) in [5.74, 6) is 1.69. The number of rotatable bonds is 8. The molecule has 140 valence electrons. The van der Waals surface area contributed by atoms with E-state index in [-0.39, 0.29) is 11.7 Å². The van der Waals surface area contributed by atoms with E-state index in [1.54, 1.807) is 0 Å². The zero-order chi connectivity index (χ0) is 19.1. The lowest BCUT2D eigenvalue weighted by Crippen LogP contribution is -2.13. The Morgan fingerprint density at radius 2 is 1.74 bits per heavy atom. The Kier molecular flexibility index (Phi) is 6.67. The maximum absolute atomic E-state index is 12.1. The SMILES string of the molecule is CCNc1nnc(SCC(=O)Nc2ccc(Oc3ccc(C)cc3)cc2)s1. The molecule has 2 aromatic carbocycles. The van der Waals surface area contributed by atoms with Crippen molar-refractivity contribution in [2.24, 2.45) is 0 Å². The third-order valence-electron chi connectivity index (χ3n) is 3.46. The fraction of sp³-hybridized carbons (Fsp3) is 0.211. The Morgan fingerprint density at radius 1 is 1.07 bits per heavy atom. The van der Waals surface area contributed by atoms with Gasteiger partial charge in [-0.2, -0.15) is 0 Å². The molecule has 1 amide bonds. The monoisotopic (exact) mass is 400 g/mol. The topological polar surface area (TPSA) is 76.1 Å². The van der Waals surface area contributed by atoms with Crippen LogP contribution in [-0.2, 0) is 4.79 Å². The molecule has 0 fully saturated rings. The minimum Gasteiger partial charge on any atom is -0.457 e. The molecule has 1 heterocycles. The van der Waals surface area contributed by atoms with Gasteiger partial charge in [0.05, 0.1) is 5.75 Å². The van der Waals surface area contributed by atoms with Crippen molar-refractivity contribution in [1.82, 2.24) is 10.2 Å². The predicted molar refractivity (Wildman–Crippen MR) is 111 cm³/mol. The normalized spacial score (nSPS) is 10.4. The number of aromatic nitrogens is 2. The highest BCUT2D eigenvalue weighted by Crippen LogP contribution is 2.26. The minimum absolute atomic E-state index is 0.0904. The number of aryl methyl sites for hydroxylation is 1. The molecule has 8 heteroatoms. The van der Waals surface area contributed by atoms with Gasteiger partial charge >= 0.3 is 0 Å². The third kappa shape index (κ3) is 5.97. The van der Waals surface area contributed by atoms with Crippen LogP contribution >= 0.6 is 23.1 Å². The number of nitrogens with one attached hydrogen (secondary N) is 2. The molecule has 0 saturated heterocycles. The lowest BCUT2D eigenvalue weighted by molar-refractivity contribution is -0.113.